The number of anilines is 1. The Morgan fingerprint density at radius 3 is 2.55 bits per heavy atom. The molecule has 0 saturated carbocycles. The summed E-state index contributed by atoms with van der Waals surface area (Å²) in [5.41, 5.74) is 1.20. The van der Waals surface area contributed by atoms with E-state index in [0.717, 1.165) is 6.42 Å². The highest BCUT2D eigenvalue weighted by molar-refractivity contribution is 7.18. The molecule has 4 rings (SSSR count). The minimum absolute atomic E-state index is 0.205. The standard InChI is InChI=1S/C20H16ClFN4O2S/c21-14-7-3-13(4-8-14)19(28)26-11-1-2-16(26)17(27)23-20-25-24-18(29-20)12-5-9-15(22)10-6-12/h3-10,16H,1-2,11H2,(H,23,25,27). The first-order valence-corrected chi connectivity index (χ1v) is 10.2. The van der Waals surface area contributed by atoms with Gasteiger partial charge in [0.05, 0.1) is 0 Å². The highest BCUT2D eigenvalue weighted by Gasteiger charge is 2.35. The minimum atomic E-state index is -0.573. The van der Waals surface area contributed by atoms with E-state index in [4.69, 9.17) is 11.6 Å². The summed E-state index contributed by atoms with van der Waals surface area (Å²) >= 11 is 7.07. The van der Waals surface area contributed by atoms with Gasteiger partial charge in [-0.25, -0.2) is 4.39 Å². The number of aromatic nitrogens is 2. The maximum Gasteiger partial charge on any atom is 0.254 e. The van der Waals surface area contributed by atoms with Gasteiger partial charge >= 0.3 is 0 Å². The van der Waals surface area contributed by atoms with Crippen LogP contribution >= 0.6 is 22.9 Å². The van der Waals surface area contributed by atoms with Gasteiger partial charge in [0.2, 0.25) is 11.0 Å². The first kappa shape index (κ1) is 19.5. The van der Waals surface area contributed by atoms with Crippen LogP contribution in [0.25, 0.3) is 10.6 Å². The Bertz CT molecular complexity index is 1040. The van der Waals surface area contributed by atoms with Gasteiger partial charge in [0.15, 0.2) is 0 Å². The minimum Gasteiger partial charge on any atom is -0.327 e. The molecule has 2 heterocycles. The Morgan fingerprint density at radius 1 is 1.10 bits per heavy atom. The predicted molar refractivity (Wildman–Crippen MR) is 109 cm³/mol. The zero-order valence-corrected chi connectivity index (χ0v) is 16.7. The number of hydrogen-bond acceptors (Lipinski definition) is 5. The third-order valence-corrected chi connectivity index (χ3v) is 5.79. The molecule has 2 amide bonds. The van der Waals surface area contributed by atoms with Gasteiger partial charge in [0.1, 0.15) is 16.9 Å². The number of rotatable bonds is 4. The molecule has 1 unspecified atom stereocenters. The predicted octanol–water partition coefficient (Wildman–Crippen LogP) is 4.24. The van der Waals surface area contributed by atoms with Gasteiger partial charge in [-0.3, -0.25) is 14.9 Å². The molecule has 1 N–H and O–H groups in total. The Kier molecular flexibility index (Phi) is 5.55. The molecule has 1 fully saturated rings. The average Bonchev–Trinajstić information content (AvgIpc) is 3.38. The van der Waals surface area contributed by atoms with Crippen LogP contribution in [0.5, 0.6) is 0 Å². The highest BCUT2D eigenvalue weighted by Crippen LogP contribution is 2.28. The second kappa shape index (κ2) is 8.26. The van der Waals surface area contributed by atoms with Crippen molar-refractivity contribution in [1.82, 2.24) is 15.1 Å². The Balaban J connectivity index is 1.45. The Morgan fingerprint density at radius 2 is 1.83 bits per heavy atom. The summed E-state index contributed by atoms with van der Waals surface area (Å²) in [6.45, 7) is 0.510. The first-order chi connectivity index (χ1) is 14.0. The maximum absolute atomic E-state index is 13.1. The van der Waals surface area contributed by atoms with Crippen molar-refractivity contribution in [3.05, 3.63) is 64.9 Å². The summed E-state index contributed by atoms with van der Waals surface area (Å²) in [5.74, 6) is -0.839. The van der Waals surface area contributed by atoms with Crippen molar-refractivity contribution in [3.8, 4) is 10.6 Å². The van der Waals surface area contributed by atoms with Crippen molar-refractivity contribution in [2.45, 2.75) is 18.9 Å². The van der Waals surface area contributed by atoms with Crippen molar-refractivity contribution < 1.29 is 14.0 Å². The number of amides is 2. The van der Waals surface area contributed by atoms with Crippen LogP contribution in [-0.2, 0) is 4.79 Å². The molecule has 1 atom stereocenters. The molecule has 148 valence electrons. The van der Waals surface area contributed by atoms with E-state index < -0.39 is 6.04 Å². The summed E-state index contributed by atoms with van der Waals surface area (Å²) in [5, 5.41) is 12.2. The van der Waals surface area contributed by atoms with E-state index in [9.17, 15) is 14.0 Å². The molecule has 6 nitrogen and oxygen atoms in total. The molecule has 3 aromatic rings. The summed E-state index contributed by atoms with van der Waals surface area (Å²) in [6.07, 6.45) is 1.32. The lowest BCUT2D eigenvalue weighted by Gasteiger charge is -2.23. The second-order valence-electron chi connectivity index (χ2n) is 6.57. The maximum atomic E-state index is 13.1. The lowest BCUT2D eigenvalue weighted by atomic mass is 10.1. The molecule has 0 aliphatic carbocycles. The summed E-state index contributed by atoms with van der Waals surface area (Å²) in [6, 6.07) is 11.9. The number of nitrogens with zero attached hydrogens (tertiary/aromatic N) is 3. The molecule has 2 aromatic carbocycles. The van der Waals surface area contributed by atoms with Gasteiger partial charge < -0.3 is 4.90 Å². The monoisotopic (exact) mass is 430 g/mol. The van der Waals surface area contributed by atoms with Gasteiger partial charge in [-0.05, 0) is 61.4 Å². The smallest absolute Gasteiger partial charge is 0.254 e. The fourth-order valence-electron chi connectivity index (χ4n) is 3.21. The molecule has 29 heavy (non-hydrogen) atoms. The fourth-order valence-corrected chi connectivity index (χ4v) is 4.09. The third-order valence-electron chi connectivity index (χ3n) is 4.65. The van der Waals surface area contributed by atoms with E-state index >= 15 is 0 Å². The van der Waals surface area contributed by atoms with Crippen LogP contribution in [-0.4, -0.2) is 39.5 Å². The third kappa shape index (κ3) is 4.28. The molecule has 1 aromatic heterocycles. The molecule has 1 aliphatic rings. The van der Waals surface area contributed by atoms with Crippen LogP contribution in [0.15, 0.2) is 48.5 Å². The largest absolute Gasteiger partial charge is 0.327 e. The van der Waals surface area contributed by atoms with Crippen LogP contribution in [0.4, 0.5) is 9.52 Å². The molecule has 1 aliphatic heterocycles. The number of hydrogen-bond donors (Lipinski definition) is 1. The lowest BCUT2D eigenvalue weighted by molar-refractivity contribution is -0.119. The van der Waals surface area contributed by atoms with Gasteiger partial charge in [-0.1, -0.05) is 22.9 Å². The molecule has 0 radical (unpaired) electrons. The van der Waals surface area contributed by atoms with Crippen LogP contribution in [0.1, 0.15) is 23.2 Å². The number of carbonyl (C=O) groups excluding carboxylic acids is 2. The SMILES string of the molecule is O=C(Nc1nnc(-c2ccc(F)cc2)s1)C1CCCN1C(=O)c1ccc(Cl)cc1. The zero-order valence-electron chi connectivity index (χ0n) is 15.1. The number of benzene rings is 2. The zero-order chi connectivity index (χ0) is 20.4. The second-order valence-corrected chi connectivity index (χ2v) is 7.99. The summed E-state index contributed by atoms with van der Waals surface area (Å²) < 4.78 is 13.1. The van der Waals surface area contributed by atoms with Crippen LogP contribution in [0, 0.1) is 5.82 Å². The number of nitrogens with one attached hydrogen (secondary N) is 1. The highest BCUT2D eigenvalue weighted by atomic mass is 35.5. The molecule has 1 saturated heterocycles. The van der Waals surface area contributed by atoms with E-state index in [1.807, 2.05) is 0 Å². The van der Waals surface area contributed by atoms with Crippen LogP contribution in [0.2, 0.25) is 5.02 Å². The van der Waals surface area contributed by atoms with Crippen molar-refractivity contribution in [1.29, 1.82) is 0 Å². The number of halogens is 2. The summed E-state index contributed by atoms with van der Waals surface area (Å²) in [7, 11) is 0. The van der Waals surface area contributed by atoms with Gasteiger partial charge in [0.25, 0.3) is 5.91 Å². The van der Waals surface area contributed by atoms with Gasteiger partial charge in [-0.2, -0.15) is 0 Å². The molecular weight excluding hydrogens is 415 g/mol. The first-order valence-electron chi connectivity index (χ1n) is 8.98. The van der Waals surface area contributed by atoms with E-state index in [1.165, 1.54) is 23.5 Å². The quantitative estimate of drug-likeness (QED) is 0.671. The van der Waals surface area contributed by atoms with E-state index in [2.05, 4.69) is 15.5 Å². The summed E-state index contributed by atoms with van der Waals surface area (Å²) in [4.78, 5) is 27.1. The topological polar surface area (TPSA) is 75.2 Å². The van der Waals surface area contributed by atoms with Gasteiger partial charge in [-0.15, -0.1) is 10.2 Å². The fraction of sp³-hybridized carbons (Fsp3) is 0.200. The Hall–Kier alpha value is -2.84. The van der Waals surface area contributed by atoms with Crippen molar-refractivity contribution in [3.63, 3.8) is 0 Å². The molecule has 9 heteroatoms. The van der Waals surface area contributed by atoms with Crippen molar-refractivity contribution in [2.24, 2.45) is 0 Å². The number of carbonyl (C=O) groups is 2. The normalized spacial score (nSPS) is 16.1. The Labute approximate surface area is 175 Å². The van der Waals surface area contributed by atoms with E-state index in [1.54, 1.807) is 41.3 Å². The molecule has 0 bridgehead atoms. The molecule has 0 spiro atoms. The van der Waals surface area contributed by atoms with Gasteiger partial charge in [0, 0.05) is 22.7 Å². The molecular formula is C20H16ClFN4O2S. The van der Waals surface area contributed by atoms with Crippen molar-refractivity contribution in [2.75, 3.05) is 11.9 Å². The van der Waals surface area contributed by atoms with Crippen LogP contribution in [0.3, 0.4) is 0 Å². The average molecular weight is 431 g/mol. The van der Waals surface area contributed by atoms with Crippen LogP contribution < -0.4 is 5.32 Å². The number of likely N-dealkylation sites (tertiary alicyclic amines) is 1. The lowest BCUT2D eigenvalue weighted by Crippen LogP contribution is -2.43. The van der Waals surface area contributed by atoms with Crippen molar-refractivity contribution >= 4 is 39.9 Å². The van der Waals surface area contributed by atoms with E-state index in [0.29, 0.717) is 39.3 Å². The van der Waals surface area contributed by atoms with E-state index in [-0.39, 0.29) is 17.6 Å².